The highest BCUT2D eigenvalue weighted by Crippen LogP contribution is 2.26. The standard InChI is InChI=1S/C24H27N3O2/c1-25-24(28)20-16-22(26-21-12-6-5-11-19(20)21)23-17-27(14-15-29-23)13-7-10-18-8-3-2-4-9-18/h2-6,8-9,11-12,16,23H,7,10,13-15,17H2,1H3,(H,25,28)/t23-/m0/s1. The molecule has 5 heteroatoms. The molecule has 1 aliphatic rings. The number of nitrogens with zero attached hydrogens (tertiary/aromatic N) is 2. The van der Waals surface area contributed by atoms with E-state index >= 15 is 0 Å². The normalized spacial score (nSPS) is 17.3. The van der Waals surface area contributed by atoms with Crippen LogP contribution >= 0.6 is 0 Å². The van der Waals surface area contributed by atoms with Crippen LogP contribution in [0.5, 0.6) is 0 Å². The lowest BCUT2D eigenvalue weighted by Crippen LogP contribution is -2.39. The molecule has 150 valence electrons. The van der Waals surface area contributed by atoms with Crippen molar-refractivity contribution in [1.29, 1.82) is 0 Å². The number of fused-ring (bicyclic) bond motifs is 1. The summed E-state index contributed by atoms with van der Waals surface area (Å²) in [5, 5.41) is 3.60. The third-order valence-electron chi connectivity index (χ3n) is 5.47. The molecule has 1 fully saturated rings. The second-order valence-corrected chi connectivity index (χ2v) is 7.44. The second-order valence-electron chi connectivity index (χ2n) is 7.44. The fourth-order valence-corrected chi connectivity index (χ4v) is 3.92. The highest BCUT2D eigenvalue weighted by Gasteiger charge is 2.24. The number of carbonyl (C=O) groups is 1. The molecule has 1 atom stereocenters. The molecule has 0 spiro atoms. The summed E-state index contributed by atoms with van der Waals surface area (Å²) >= 11 is 0. The zero-order valence-corrected chi connectivity index (χ0v) is 16.8. The van der Waals surface area contributed by atoms with Crippen molar-refractivity contribution in [3.8, 4) is 0 Å². The summed E-state index contributed by atoms with van der Waals surface area (Å²) in [5.41, 5.74) is 3.69. The third-order valence-corrected chi connectivity index (χ3v) is 5.47. The summed E-state index contributed by atoms with van der Waals surface area (Å²) in [7, 11) is 1.66. The number of rotatable bonds is 6. The average Bonchev–Trinajstić information content (AvgIpc) is 2.79. The predicted octanol–water partition coefficient (Wildman–Crippen LogP) is 3.60. The Bertz CT molecular complexity index is 974. The number of nitrogens with one attached hydrogen (secondary N) is 1. The van der Waals surface area contributed by atoms with Crippen molar-refractivity contribution >= 4 is 16.8 Å². The Morgan fingerprint density at radius 2 is 1.97 bits per heavy atom. The van der Waals surface area contributed by atoms with Gasteiger partial charge in [-0.2, -0.15) is 0 Å². The molecule has 0 radical (unpaired) electrons. The molecule has 0 unspecified atom stereocenters. The van der Waals surface area contributed by atoms with Crippen LogP contribution in [0.3, 0.4) is 0 Å². The second kappa shape index (κ2) is 9.16. The van der Waals surface area contributed by atoms with Crippen molar-refractivity contribution in [3.63, 3.8) is 0 Å². The van der Waals surface area contributed by atoms with E-state index in [1.54, 1.807) is 7.05 Å². The van der Waals surface area contributed by atoms with Crippen molar-refractivity contribution in [3.05, 3.63) is 77.5 Å². The topological polar surface area (TPSA) is 54.5 Å². The third kappa shape index (κ3) is 4.63. The van der Waals surface area contributed by atoms with Gasteiger partial charge in [-0.3, -0.25) is 9.69 Å². The Balaban J connectivity index is 1.47. The molecule has 3 aromatic rings. The van der Waals surface area contributed by atoms with Gasteiger partial charge in [0.1, 0.15) is 6.10 Å². The SMILES string of the molecule is CNC(=O)c1cc([C@@H]2CN(CCCc3ccccc3)CCO2)nc2ccccc12. The van der Waals surface area contributed by atoms with Gasteiger partial charge in [-0.25, -0.2) is 4.98 Å². The lowest BCUT2D eigenvalue weighted by molar-refractivity contribution is -0.0321. The van der Waals surface area contributed by atoms with E-state index in [0.29, 0.717) is 12.2 Å². The first kappa shape index (κ1) is 19.6. The molecule has 1 aliphatic heterocycles. The van der Waals surface area contributed by atoms with Gasteiger partial charge in [-0.05, 0) is 37.1 Å². The van der Waals surface area contributed by atoms with Gasteiger partial charge in [0.15, 0.2) is 0 Å². The van der Waals surface area contributed by atoms with Gasteiger partial charge in [0.05, 0.1) is 23.4 Å². The Labute approximate surface area is 171 Å². The summed E-state index contributed by atoms with van der Waals surface area (Å²) in [6, 6.07) is 20.3. The molecule has 2 aromatic carbocycles. The van der Waals surface area contributed by atoms with E-state index in [1.807, 2.05) is 30.3 Å². The number of hydrogen-bond donors (Lipinski definition) is 1. The summed E-state index contributed by atoms with van der Waals surface area (Å²) < 4.78 is 6.04. The van der Waals surface area contributed by atoms with Crippen LogP contribution in [-0.4, -0.2) is 49.1 Å². The minimum Gasteiger partial charge on any atom is -0.369 e. The van der Waals surface area contributed by atoms with Crippen molar-refractivity contribution < 1.29 is 9.53 Å². The number of carbonyl (C=O) groups excluding carboxylic acids is 1. The van der Waals surface area contributed by atoms with Gasteiger partial charge in [0.25, 0.3) is 5.91 Å². The van der Waals surface area contributed by atoms with Crippen LogP contribution in [0.15, 0.2) is 60.7 Å². The zero-order chi connectivity index (χ0) is 20.1. The maximum absolute atomic E-state index is 12.4. The molecule has 0 aliphatic carbocycles. The van der Waals surface area contributed by atoms with Crippen LogP contribution in [0, 0.1) is 0 Å². The van der Waals surface area contributed by atoms with Crippen LogP contribution in [0.4, 0.5) is 0 Å². The van der Waals surface area contributed by atoms with Gasteiger partial charge < -0.3 is 10.1 Å². The van der Waals surface area contributed by atoms with Crippen LogP contribution < -0.4 is 5.32 Å². The smallest absolute Gasteiger partial charge is 0.251 e. The molecular formula is C24H27N3O2. The Morgan fingerprint density at radius 1 is 1.17 bits per heavy atom. The number of para-hydroxylation sites is 1. The number of morpholine rings is 1. The summed E-state index contributed by atoms with van der Waals surface area (Å²) in [6.07, 6.45) is 2.08. The minimum atomic E-state index is -0.117. The molecular weight excluding hydrogens is 362 g/mol. The van der Waals surface area contributed by atoms with Crippen molar-refractivity contribution in [2.75, 3.05) is 33.3 Å². The molecule has 29 heavy (non-hydrogen) atoms. The van der Waals surface area contributed by atoms with Gasteiger partial charge in [0, 0.05) is 25.5 Å². The highest BCUT2D eigenvalue weighted by molar-refractivity contribution is 6.06. The van der Waals surface area contributed by atoms with Gasteiger partial charge in [0.2, 0.25) is 0 Å². The van der Waals surface area contributed by atoms with Crippen molar-refractivity contribution in [2.24, 2.45) is 0 Å². The number of ether oxygens (including phenoxy) is 1. The molecule has 0 bridgehead atoms. The number of benzene rings is 2. The fourth-order valence-electron chi connectivity index (χ4n) is 3.92. The number of pyridine rings is 1. The molecule has 4 rings (SSSR count). The van der Waals surface area contributed by atoms with E-state index in [1.165, 1.54) is 5.56 Å². The van der Waals surface area contributed by atoms with Crippen LogP contribution in [0.25, 0.3) is 10.9 Å². The maximum Gasteiger partial charge on any atom is 0.251 e. The van der Waals surface area contributed by atoms with E-state index < -0.39 is 0 Å². The summed E-state index contributed by atoms with van der Waals surface area (Å²) in [4.78, 5) is 19.7. The average molecular weight is 389 g/mol. The first-order chi connectivity index (χ1) is 14.2. The molecule has 2 heterocycles. The quantitative estimate of drug-likeness (QED) is 0.700. The Kier molecular flexibility index (Phi) is 6.17. The number of hydrogen-bond acceptors (Lipinski definition) is 4. The largest absolute Gasteiger partial charge is 0.369 e. The zero-order valence-electron chi connectivity index (χ0n) is 16.8. The Morgan fingerprint density at radius 3 is 2.79 bits per heavy atom. The lowest BCUT2D eigenvalue weighted by Gasteiger charge is -2.33. The van der Waals surface area contributed by atoms with Gasteiger partial charge in [-0.1, -0.05) is 48.5 Å². The molecule has 1 amide bonds. The summed E-state index contributed by atoms with van der Waals surface area (Å²) in [5.74, 6) is -0.0969. The fraction of sp³-hybridized carbons (Fsp3) is 0.333. The monoisotopic (exact) mass is 389 g/mol. The minimum absolute atomic E-state index is 0.0969. The van der Waals surface area contributed by atoms with Crippen LogP contribution in [-0.2, 0) is 11.2 Å². The van der Waals surface area contributed by atoms with E-state index in [9.17, 15) is 4.79 Å². The van der Waals surface area contributed by atoms with Crippen LogP contribution in [0.2, 0.25) is 0 Å². The first-order valence-corrected chi connectivity index (χ1v) is 10.2. The lowest BCUT2D eigenvalue weighted by atomic mass is 10.0. The van der Waals surface area contributed by atoms with E-state index in [0.717, 1.165) is 49.1 Å². The maximum atomic E-state index is 12.4. The van der Waals surface area contributed by atoms with Gasteiger partial charge >= 0.3 is 0 Å². The Hall–Kier alpha value is -2.76. The van der Waals surface area contributed by atoms with E-state index in [-0.39, 0.29) is 12.0 Å². The van der Waals surface area contributed by atoms with Crippen molar-refractivity contribution in [1.82, 2.24) is 15.2 Å². The van der Waals surface area contributed by atoms with E-state index in [4.69, 9.17) is 9.72 Å². The number of amides is 1. The molecule has 1 aromatic heterocycles. The molecule has 1 N–H and O–H groups in total. The number of aromatic nitrogens is 1. The molecule has 1 saturated heterocycles. The first-order valence-electron chi connectivity index (χ1n) is 10.2. The van der Waals surface area contributed by atoms with E-state index in [2.05, 4.69) is 40.5 Å². The highest BCUT2D eigenvalue weighted by atomic mass is 16.5. The predicted molar refractivity (Wildman–Crippen MR) is 115 cm³/mol. The summed E-state index contributed by atoms with van der Waals surface area (Å²) in [6.45, 7) is 3.44. The molecule has 5 nitrogen and oxygen atoms in total. The van der Waals surface area contributed by atoms with Crippen molar-refractivity contribution in [2.45, 2.75) is 18.9 Å². The van der Waals surface area contributed by atoms with Crippen LogP contribution in [0.1, 0.15) is 34.1 Å². The number of aryl methyl sites for hydroxylation is 1. The molecule has 0 saturated carbocycles. The van der Waals surface area contributed by atoms with Gasteiger partial charge in [-0.15, -0.1) is 0 Å².